The first kappa shape index (κ1) is 16.3. The molecule has 0 spiro atoms. The topological polar surface area (TPSA) is 73.9 Å². The minimum Gasteiger partial charge on any atom is -0.461 e. The molecule has 0 aromatic heterocycles. The Bertz CT molecular complexity index is 295. The van der Waals surface area contributed by atoms with Crippen molar-refractivity contribution in [3.63, 3.8) is 0 Å². The highest BCUT2D eigenvalue weighted by Gasteiger charge is 2.22. The van der Waals surface area contributed by atoms with Gasteiger partial charge in [-0.05, 0) is 20.8 Å². The normalized spacial score (nSPS) is 11.2. The predicted molar refractivity (Wildman–Crippen MR) is 64.6 cm³/mol. The lowest BCUT2D eigenvalue weighted by molar-refractivity contribution is -0.138. The number of hydrogen-bond donors (Lipinski definition) is 1. The van der Waals surface area contributed by atoms with Crippen LogP contribution < -0.4 is 5.09 Å². The number of rotatable bonds is 9. The maximum absolute atomic E-state index is 11.9. The van der Waals surface area contributed by atoms with Crippen LogP contribution in [-0.4, -0.2) is 32.3 Å². The molecular weight excluding hydrogens is 245 g/mol. The monoisotopic (exact) mass is 265 g/mol. The average Bonchev–Trinajstić information content (AvgIpc) is 2.24. The lowest BCUT2D eigenvalue weighted by atomic mass is 10.4. The van der Waals surface area contributed by atoms with Gasteiger partial charge in [-0.3, -0.25) is 9.05 Å². The van der Waals surface area contributed by atoms with Gasteiger partial charge >= 0.3 is 13.7 Å². The zero-order valence-electron chi connectivity index (χ0n) is 10.5. The molecule has 0 radical (unpaired) electrons. The Morgan fingerprint density at radius 3 is 2.24 bits per heavy atom. The van der Waals surface area contributed by atoms with Crippen molar-refractivity contribution in [3.8, 4) is 0 Å². The van der Waals surface area contributed by atoms with E-state index in [2.05, 4.69) is 11.7 Å². The summed E-state index contributed by atoms with van der Waals surface area (Å²) in [5.41, 5.74) is 0.322. The number of carbonyl (C=O) groups is 1. The van der Waals surface area contributed by atoms with Gasteiger partial charge in [-0.25, -0.2) is 14.4 Å². The largest absolute Gasteiger partial charge is 0.461 e. The van der Waals surface area contributed by atoms with Gasteiger partial charge in [0.25, 0.3) is 0 Å². The third-order valence-electron chi connectivity index (χ3n) is 1.59. The lowest BCUT2D eigenvalue weighted by Gasteiger charge is -2.17. The first-order valence-electron chi connectivity index (χ1n) is 5.42. The maximum atomic E-state index is 11.9. The van der Waals surface area contributed by atoms with Gasteiger partial charge in [0.05, 0.1) is 13.2 Å². The molecule has 0 unspecified atom stereocenters. The minimum atomic E-state index is -3.27. The second-order valence-electron chi connectivity index (χ2n) is 3.16. The number of carbonyl (C=O) groups excluding carboxylic acids is 1. The molecule has 0 aliphatic heterocycles. The third kappa shape index (κ3) is 7.28. The summed E-state index contributed by atoms with van der Waals surface area (Å²) in [6, 6.07) is 0. The molecule has 1 N–H and O–H groups in total. The Morgan fingerprint density at radius 1 is 1.29 bits per heavy atom. The van der Waals surface area contributed by atoms with Gasteiger partial charge in [0.2, 0.25) is 0 Å². The second kappa shape index (κ2) is 8.42. The van der Waals surface area contributed by atoms with Crippen LogP contribution in [0.1, 0.15) is 20.8 Å². The van der Waals surface area contributed by atoms with Crippen LogP contribution >= 0.6 is 7.75 Å². The summed E-state index contributed by atoms with van der Waals surface area (Å²) >= 11 is 0. The summed E-state index contributed by atoms with van der Waals surface area (Å²) in [6.45, 7) is 9.25. The fourth-order valence-corrected chi connectivity index (χ4v) is 2.22. The molecule has 0 aromatic carbocycles. The summed E-state index contributed by atoms with van der Waals surface area (Å²) in [5, 5.41) is 2.60. The van der Waals surface area contributed by atoms with Gasteiger partial charge in [0.1, 0.15) is 6.61 Å². The van der Waals surface area contributed by atoms with E-state index in [9.17, 15) is 9.36 Å². The molecule has 0 aliphatic rings. The summed E-state index contributed by atoms with van der Waals surface area (Å²) in [6.07, 6.45) is 0. The molecule has 17 heavy (non-hydrogen) atoms. The van der Waals surface area contributed by atoms with E-state index < -0.39 is 13.7 Å². The number of esters is 1. The highest BCUT2D eigenvalue weighted by Crippen LogP contribution is 2.42. The Morgan fingerprint density at radius 2 is 1.82 bits per heavy atom. The van der Waals surface area contributed by atoms with Gasteiger partial charge in [-0.1, -0.05) is 6.58 Å². The van der Waals surface area contributed by atoms with Crippen LogP contribution in [0.25, 0.3) is 0 Å². The zero-order valence-corrected chi connectivity index (χ0v) is 11.4. The molecule has 7 heteroatoms. The van der Waals surface area contributed by atoms with Gasteiger partial charge < -0.3 is 4.74 Å². The molecule has 0 bridgehead atoms. The maximum Gasteiger partial charge on any atom is 0.405 e. The van der Waals surface area contributed by atoms with E-state index >= 15 is 0 Å². The molecule has 0 atom stereocenters. The SMILES string of the molecule is C=C(C)C(=O)OCCNP(=O)(OCC)OCC. The molecule has 0 rings (SSSR count). The van der Waals surface area contributed by atoms with Crippen molar-refractivity contribution in [1.29, 1.82) is 0 Å². The molecule has 0 aromatic rings. The second-order valence-corrected chi connectivity index (χ2v) is 4.98. The molecule has 0 saturated carbocycles. The van der Waals surface area contributed by atoms with Crippen molar-refractivity contribution in [1.82, 2.24) is 5.09 Å². The Balaban J connectivity index is 3.95. The van der Waals surface area contributed by atoms with Gasteiger partial charge in [0, 0.05) is 12.1 Å². The van der Waals surface area contributed by atoms with E-state index in [4.69, 9.17) is 13.8 Å². The Hall–Kier alpha value is -0.680. The molecule has 0 aliphatic carbocycles. The predicted octanol–water partition coefficient (Wildman–Crippen LogP) is 1.88. The lowest BCUT2D eigenvalue weighted by Crippen LogP contribution is -2.21. The van der Waals surface area contributed by atoms with E-state index in [0.29, 0.717) is 5.57 Å². The van der Waals surface area contributed by atoms with Crippen molar-refractivity contribution < 1.29 is 23.1 Å². The molecular formula is C10H20NO5P. The quantitative estimate of drug-likeness (QED) is 0.297. The molecule has 0 fully saturated rings. The highest BCUT2D eigenvalue weighted by molar-refractivity contribution is 7.51. The molecule has 0 saturated heterocycles. The van der Waals surface area contributed by atoms with Crippen LogP contribution in [0.2, 0.25) is 0 Å². The van der Waals surface area contributed by atoms with E-state index in [-0.39, 0.29) is 26.4 Å². The van der Waals surface area contributed by atoms with Crippen LogP contribution in [-0.2, 0) is 23.1 Å². The van der Waals surface area contributed by atoms with E-state index in [1.165, 1.54) is 0 Å². The summed E-state index contributed by atoms with van der Waals surface area (Å²) in [7, 11) is -3.27. The number of hydrogen-bond acceptors (Lipinski definition) is 5. The molecule has 0 heterocycles. The Kier molecular flexibility index (Phi) is 8.08. The van der Waals surface area contributed by atoms with Crippen LogP contribution in [0.15, 0.2) is 12.2 Å². The number of nitrogens with one attached hydrogen (secondary N) is 1. The zero-order chi connectivity index (χ0) is 13.3. The van der Waals surface area contributed by atoms with Gasteiger partial charge in [0.15, 0.2) is 0 Å². The van der Waals surface area contributed by atoms with Crippen LogP contribution in [0.5, 0.6) is 0 Å². The van der Waals surface area contributed by atoms with Crippen molar-refractivity contribution in [2.45, 2.75) is 20.8 Å². The summed E-state index contributed by atoms with van der Waals surface area (Å²) in [4.78, 5) is 11.0. The third-order valence-corrected chi connectivity index (χ3v) is 3.39. The summed E-state index contributed by atoms with van der Waals surface area (Å²) in [5.74, 6) is -0.477. The van der Waals surface area contributed by atoms with Crippen molar-refractivity contribution in [2.75, 3.05) is 26.4 Å². The van der Waals surface area contributed by atoms with Crippen LogP contribution in [0.3, 0.4) is 0 Å². The molecule has 0 amide bonds. The van der Waals surface area contributed by atoms with E-state index in [0.717, 1.165) is 0 Å². The van der Waals surface area contributed by atoms with Crippen molar-refractivity contribution in [3.05, 3.63) is 12.2 Å². The fourth-order valence-electron chi connectivity index (χ4n) is 0.918. The average molecular weight is 265 g/mol. The fraction of sp³-hybridized carbons (Fsp3) is 0.700. The molecule has 100 valence electrons. The van der Waals surface area contributed by atoms with Gasteiger partial charge in [-0.15, -0.1) is 0 Å². The van der Waals surface area contributed by atoms with Crippen molar-refractivity contribution in [2.24, 2.45) is 0 Å². The standard InChI is InChI=1S/C10H20NO5P/c1-5-15-17(13,16-6-2)11-7-8-14-10(12)9(3)4/h3,5-8H2,1-2,4H3,(H,11,13). The first-order valence-corrected chi connectivity index (χ1v) is 6.96. The Labute approximate surface area is 102 Å². The van der Waals surface area contributed by atoms with Gasteiger partial charge in [-0.2, -0.15) is 0 Å². The van der Waals surface area contributed by atoms with Crippen molar-refractivity contribution >= 4 is 13.7 Å². The number of ether oxygens (including phenoxy) is 1. The van der Waals surface area contributed by atoms with Crippen LogP contribution in [0.4, 0.5) is 0 Å². The minimum absolute atomic E-state index is 0.0792. The van der Waals surface area contributed by atoms with E-state index in [1.807, 2.05) is 0 Å². The highest BCUT2D eigenvalue weighted by atomic mass is 31.2. The van der Waals surface area contributed by atoms with Crippen LogP contribution in [0, 0.1) is 0 Å². The smallest absolute Gasteiger partial charge is 0.405 e. The molecule has 6 nitrogen and oxygen atoms in total. The summed E-state index contributed by atoms with van der Waals surface area (Å²) < 4.78 is 26.7. The first-order chi connectivity index (χ1) is 7.95. The van der Waals surface area contributed by atoms with E-state index in [1.54, 1.807) is 20.8 Å².